The largest absolute Gasteiger partial charge is 0.490 e. The van der Waals surface area contributed by atoms with Crippen molar-refractivity contribution in [1.82, 2.24) is 0 Å². The fourth-order valence-corrected chi connectivity index (χ4v) is 3.52. The number of hydrogen-bond donors (Lipinski definition) is 0. The highest BCUT2D eigenvalue weighted by Crippen LogP contribution is 2.38. The number of halogens is 4. The fourth-order valence-electron chi connectivity index (χ4n) is 2.83. The third-order valence-corrected chi connectivity index (χ3v) is 5.31. The van der Waals surface area contributed by atoms with E-state index < -0.39 is 23.3 Å². The highest BCUT2D eigenvalue weighted by molar-refractivity contribution is 8.11. The van der Waals surface area contributed by atoms with Crippen LogP contribution < -0.4 is 4.74 Å². The molecule has 1 aliphatic rings. The smallest absolute Gasteiger partial charge is 0.201 e. The van der Waals surface area contributed by atoms with Crippen LogP contribution in [0.5, 0.6) is 5.75 Å². The number of hydrogen-bond acceptors (Lipinski definition) is 2. The van der Waals surface area contributed by atoms with Crippen molar-refractivity contribution in [3.8, 4) is 16.9 Å². The van der Waals surface area contributed by atoms with E-state index in [1.807, 2.05) is 0 Å². The van der Waals surface area contributed by atoms with Gasteiger partial charge in [-0.1, -0.05) is 49.9 Å². The van der Waals surface area contributed by atoms with Crippen LogP contribution >= 0.6 is 11.8 Å². The standard InChI is InChI=1S/C22H20F4OS/c1-12(2)28-13(3)15-6-7-16(20(24)19(15)23)17-8-9-18(22(26)21(17)25)27-11-10-14-4-5-14/h6-9,14H,1,3-5,10-11H2,2H3. The lowest BCUT2D eigenvalue weighted by molar-refractivity contribution is 0.283. The Hall–Kier alpha value is -2.21. The first kappa shape index (κ1) is 20.5. The number of ether oxygens (including phenoxy) is 1. The van der Waals surface area contributed by atoms with Crippen molar-refractivity contribution in [3.63, 3.8) is 0 Å². The van der Waals surface area contributed by atoms with Crippen molar-refractivity contribution in [2.24, 2.45) is 5.92 Å². The van der Waals surface area contributed by atoms with Crippen molar-refractivity contribution < 1.29 is 22.3 Å². The summed E-state index contributed by atoms with van der Waals surface area (Å²) in [6.07, 6.45) is 3.06. The lowest BCUT2D eigenvalue weighted by Crippen LogP contribution is -2.03. The van der Waals surface area contributed by atoms with Gasteiger partial charge in [-0.05, 0) is 36.3 Å². The highest BCUT2D eigenvalue weighted by atomic mass is 32.2. The molecule has 28 heavy (non-hydrogen) atoms. The number of thioether (sulfide) groups is 1. The summed E-state index contributed by atoms with van der Waals surface area (Å²) in [5, 5.41) is 0. The third kappa shape index (κ3) is 4.43. The van der Waals surface area contributed by atoms with Crippen LogP contribution in [0.2, 0.25) is 0 Å². The van der Waals surface area contributed by atoms with Crippen molar-refractivity contribution in [3.05, 3.63) is 71.2 Å². The molecule has 0 unspecified atom stereocenters. The van der Waals surface area contributed by atoms with E-state index in [9.17, 15) is 17.6 Å². The third-order valence-electron chi connectivity index (χ3n) is 4.50. The van der Waals surface area contributed by atoms with Gasteiger partial charge in [0, 0.05) is 21.6 Å². The molecule has 1 fully saturated rings. The first-order valence-corrected chi connectivity index (χ1v) is 9.73. The van der Waals surface area contributed by atoms with Crippen molar-refractivity contribution in [2.45, 2.75) is 26.2 Å². The fraction of sp³-hybridized carbons (Fsp3) is 0.273. The minimum atomic E-state index is -1.27. The zero-order valence-corrected chi connectivity index (χ0v) is 16.3. The Morgan fingerprint density at radius 3 is 2.18 bits per heavy atom. The quantitative estimate of drug-likeness (QED) is 0.423. The molecular weight excluding hydrogens is 388 g/mol. The summed E-state index contributed by atoms with van der Waals surface area (Å²) in [7, 11) is 0. The van der Waals surface area contributed by atoms with Crippen LogP contribution in [0.25, 0.3) is 16.0 Å². The molecule has 6 heteroatoms. The predicted molar refractivity (Wildman–Crippen MR) is 106 cm³/mol. The van der Waals surface area contributed by atoms with Gasteiger partial charge in [-0.2, -0.15) is 4.39 Å². The molecule has 0 bridgehead atoms. The molecule has 0 heterocycles. The van der Waals surface area contributed by atoms with Crippen LogP contribution in [0.1, 0.15) is 31.7 Å². The van der Waals surface area contributed by atoms with Crippen molar-refractivity contribution in [2.75, 3.05) is 6.61 Å². The first-order valence-electron chi connectivity index (χ1n) is 8.91. The van der Waals surface area contributed by atoms with E-state index >= 15 is 0 Å². The average Bonchev–Trinajstić information content (AvgIpc) is 3.45. The zero-order chi connectivity index (χ0) is 20.4. The molecule has 2 aromatic rings. The second-order valence-electron chi connectivity index (χ2n) is 6.84. The predicted octanol–water partition coefficient (Wildman–Crippen LogP) is 7.33. The second-order valence-corrected chi connectivity index (χ2v) is 8.23. The summed E-state index contributed by atoms with van der Waals surface area (Å²) in [4.78, 5) is 0.945. The lowest BCUT2D eigenvalue weighted by Gasteiger charge is -2.13. The molecule has 0 amide bonds. The molecule has 1 saturated carbocycles. The molecule has 2 aromatic carbocycles. The van der Waals surface area contributed by atoms with Gasteiger partial charge in [-0.15, -0.1) is 0 Å². The SMILES string of the molecule is C=C(C)SC(=C)c1ccc(-c2ccc(OCCC3CC3)c(F)c2F)c(F)c1F. The van der Waals surface area contributed by atoms with Gasteiger partial charge >= 0.3 is 0 Å². The van der Waals surface area contributed by atoms with Crippen LogP contribution in [-0.2, 0) is 0 Å². The molecule has 0 aliphatic heterocycles. The highest BCUT2D eigenvalue weighted by Gasteiger charge is 2.23. The topological polar surface area (TPSA) is 9.23 Å². The average molecular weight is 408 g/mol. The molecule has 3 rings (SSSR count). The van der Waals surface area contributed by atoms with E-state index in [-0.39, 0.29) is 27.3 Å². The van der Waals surface area contributed by atoms with E-state index in [4.69, 9.17) is 4.74 Å². The van der Waals surface area contributed by atoms with E-state index in [1.165, 1.54) is 24.3 Å². The molecule has 0 spiro atoms. The van der Waals surface area contributed by atoms with E-state index in [0.29, 0.717) is 17.4 Å². The summed E-state index contributed by atoms with van der Waals surface area (Å²) in [6.45, 7) is 9.39. The summed E-state index contributed by atoms with van der Waals surface area (Å²) < 4.78 is 63.2. The molecule has 0 N–H and O–H groups in total. The minimum Gasteiger partial charge on any atom is -0.490 e. The maximum Gasteiger partial charge on any atom is 0.201 e. The van der Waals surface area contributed by atoms with Gasteiger partial charge in [0.25, 0.3) is 0 Å². The van der Waals surface area contributed by atoms with Gasteiger partial charge in [0.2, 0.25) is 5.82 Å². The Labute approximate surface area is 166 Å². The van der Waals surface area contributed by atoms with Gasteiger partial charge in [-0.3, -0.25) is 0 Å². The molecule has 1 aliphatic carbocycles. The summed E-state index contributed by atoms with van der Waals surface area (Å²) >= 11 is 1.11. The van der Waals surface area contributed by atoms with E-state index in [0.717, 1.165) is 31.0 Å². The van der Waals surface area contributed by atoms with Crippen LogP contribution in [0, 0.1) is 29.2 Å². The molecule has 1 nitrogen and oxygen atoms in total. The van der Waals surface area contributed by atoms with Gasteiger partial charge in [0.15, 0.2) is 23.2 Å². The number of rotatable bonds is 8. The minimum absolute atomic E-state index is 0.0461. The normalized spacial score (nSPS) is 13.5. The molecule has 0 aromatic heterocycles. The number of benzene rings is 2. The Morgan fingerprint density at radius 2 is 1.57 bits per heavy atom. The first-order chi connectivity index (χ1) is 13.3. The maximum atomic E-state index is 14.6. The Kier molecular flexibility index (Phi) is 6.18. The second kappa shape index (κ2) is 8.43. The summed E-state index contributed by atoms with van der Waals surface area (Å²) in [6, 6.07) is 4.94. The lowest BCUT2D eigenvalue weighted by atomic mass is 10.0. The van der Waals surface area contributed by atoms with Crippen LogP contribution in [0.4, 0.5) is 17.6 Å². The Bertz CT molecular complexity index is 935. The molecular formula is C22H20F4OS. The van der Waals surface area contributed by atoms with E-state index in [2.05, 4.69) is 13.2 Å². The molecule has 0 saturated heterocycles. The summed E-state index contributed by atoms with van der Waals surface area (Å²) in [5.74, 6) is -4.54. The number of allylic oxidation sites excluding steroid dienone is 1. The molecule has 0 atom stereocenters. The van der Waals surface area contributed by atoms with Crippen molar-refractivity contribution >= 4 is 16.7 Å². The van der Waals surface area contributed by atoms with E-state index in [1.54, 1.807) is 6.92 Å². The maximum absolute atomic E-state index is 14.6. The summed E-state index contributed by atoms with van der Waals surface area (Å²) in [5.41, 5.74) is -0.779. The molecule has 0 radical (unpaired) electrons. The monoisotopic (exact) mass is 408 g/mol. The van der Waals surface area contributed by atoms with Gasteiger partial charge in [-0.25, -0.2) is 13.2 Å². The zero-order valence-electron chi connectivity index (χ0n) is 15.5. The molecule has 148 valence electrons. The van der Waals surface area contributed by atoms with Crippen LogP contribution in [0.15, 0.2) is 42.3 Å². The van der Waals surface area contributed by atoms with Crippen LogP contribution in [0.3, 0.4) is 0 Å². The Morgan fingerprint density at radius 1 is 0.964 bits per heavy atom. The van der Waals surface area contributed by atoms with Gasteiger partial charge in [0.05, 0.1) is 6.61 Å². The Balaban J connectivity index is 1.88. The van der Waals surface area contributed by atoms with Crippen molar-refractivity contribution in [1.29, 1.82) is 0 Å². The van der Waals surface area contributed by atoms with Gasteiger partial charge < -0.3 is 4.74 Å². The van der Waals surface area contributed by atoms with Crippen LogP contribution in [-0.4, -0.2) is 6.61 Å². The van der Waals surface area contributed by atoms with Gasteiger partial charge in [0.1, 0.15) is 0 Å².